The summed E-state index contributed by atoms with van der Waals surface area (Å²) in [5.74, 6) is -1.44. The maximum Gasteiger partial charge on any atom is 0.407 e. The predicted molar refractivity (Wildman–Crippen MR) is 93.9 cm³/mol. The number of nitrogens with one attached hydrogen (secondary N) is 2. The average Bonchev–Trinajstić information content (AvgIpc) is 2.65. The minimum Gasteiger partial charge on any atom is -0.492 e. The molecule has 1 atom stereocenters. The zero-order chi connectivity index (χ0) is 19.6. The van der Waals surface area contributed by atoms with Crippen LogP contribution in [0.3, 0.4) is 0 Å². The van der Waals surface area contributed by atoms with Crippen LogP contribution in [0.15, 0.2) is 30.3 Å². The van der Waals surface area contributed by atoms with Gasteiger partial charge >= 0.3 is 6.09 Å². The Morgan fingerprint density at radius 1 is 1.19 bits per heavy atom. The molecule has 3 rings (SSSR count). The van der Waals surface area contributed by atoms with Gasteiger partial charge in [0.25, 0.3) is 5.91 Å². The quantitative estimate of drug-likeness (QED) is 0.856. The van der Waals surface area contributed by atoms with Crippen LogP contribution in [0.1, 0.15) is 33.9 Å². The topological polar surface area (TPSA) is 76.7 Å². The highest BCUT2D eigenvalue weighted by atomic mass is 19.1. The molecule has 142 valence electrons. The molecule has 2 aromatic carbocycles. The number of hydrogen-bond donors (Lipinski definition) is 2. The Morgan fingerprint density at radius 3 is 2.63 bits per heavy atom. The van der Waals surface area contributed by atoms with Crippen molar-refractivity contribution in [3.8, 4) is 5.75 Å². The summed E-state index contributed by atoms with van der Waals surface area (Å²) in [6.45, 7) is 1.78. The van der Waals surface area contributed by atoms with E-state index >= 15 is 0 Å². The van der Waals surface area contributed by atoms with E-state index in [0.717, 1.165) is 6.07 Å². The summed E-state index contributed by atoms with van der Waals surface area (Å²) in [6, 6.07) is 5.94. The first-order chi connectivity index (χ1) is 12.9. The molecule has 0 saturated carbocycles. The number of methoxy groups -OCH3 is 1. The van der Waals surface area contributed by atoms with E-state index in [1.54, 1.807) is 6.92 Å². The van der Waals surface area contributed by atoms with Gasteiger partial charge in [0.05, 0.1) is 30.9 Å². The molecular formula is C19H18F2N2O4. The van der Waals surface area contributed by atoms with E-state index in [4.69, 9.17) is 4.74 Å². The highest BCUT2D eigenvalue weighted by molar-refractivity contribution is 6.06. The molecule has 0 aromatic heterocycles. The van der Waals surface area contributed by atoms with Gasteiger partial charge in [0, 0.05) is 12.1 Å². The lowest BCUT2D eigenvalue weighted by Crippen LogP contribution is -2.33. The van der Waals surface area contributed by atoms with E-state index in [9.17, 15) is 18.4 Å². The van der Waals surface area contributed by atoms with Gasteiger partial charge in [0.15, 0.2) is 0 Å². The predicted octanol–water partition coefficient (Wildman–Crippen LogP) is 3.71. The molecule has 1 heterocycles. The van der Waals surface area contributed by atoms with Gasteiger partial charge in [-0.05, 0) is 42.8 Å². The highest BCUT2D eigenvalue weighted by Gasteiger charge is 2.30. The lowest BCUT2D eigenvalue weighted by Gasteiger charge is -2.28. The zero-order valence-corrected chi connectivity index (χ0v) is 14.8. The van der Waals surface area contributed by atoms with Gasteiger partial charge in [-0.25, -0.2) is 13.6 Å². The molecule has 0 radical (unpaired) electrons. The first-order valence-corrected chi connectivity index (χ1v) is 8.28. The monoisotopic (exact) mass is 376 g/mol. The van der Waals surface area contributed by atoms with Gasteiger partial charge in [-0.2, -0.15) is 0 Å². The van der Waals surface area contributed by atoms with Crippen molar-refractivity contribution in [2.45, 2.75) is 19.4 Å². The Hall–Kier alpha value is -3.16. The second kappa shape index (κ2) is 7.61. The molecule has 0 aliphatic carbocycles. The van der Waals surface area contributed by atoms with E-state index in [0.29, 0.717) is 17.7 Å². The molecule has 0 saturated heterocycles. The highest BCUT2D eigenvalue weighted by Crippen LogP contribution is 2.37. The third-order valence-electron chi connectivity index (χ3n) is 4.28. The van der Waals surface area contributed by atoms with Crippen LogP contribution in [0, 0.1) is 18.6 Å². The summed E-state index contributed by atoms with van der Waals surface area (Å²) in [4.78, 5) is 24.2. The van der Waals surface area contributed by atoms with Crippen LogP contribution in [0.4, 0.5) is 19.3 Å². The van der Waals surface area contributed by atoms with Crippen LogP contribution in [0.25, 0.3) is 0 Å². The molecule has 2 N–H and O–H groups in total. The number of benzene rings is 2. The fraction of sp³-hybridized carbons (Fsp3) is 0.263. The molecule has 2 aromatic rings. The Labute approximate surface area is 154 Å². The van der Waals surface area contributed by atoms with E-state index in [-0.39, 0.29) is 29.3 Å². The molecule has 8 heteroatoms. The first-order valence-electron chi connectivity index (χ1n) is 8.28. The first kappa shape index (κ1) is 18.6. The molecule has 6 nitrogen and oxygen atoms in total. The SMILES string of the molecule is COC(=O)NC1CCOc2c(C(=O)Nc3ccc(F)c(C)c3)ccc(F)c21. The van der Waals surface area contributed by atoms with Gasteiger partial charge in [0.1, 0.15) is 17.4 Å². The normalized spacial score (nSPS) is 15.3. The number of carbonyl (C=O) groups is 2. The molecule has 0 spiro atoms. The molecule has 0 bridgehead atoms. The molecule has 0 fully saturated rings. The van der Waals surface area contributed by atoms with E-state index < -0.39 is 23.9 Å². The average molecular weight is 376 g/mol. The van der Waals surface area contributed by atoms with E-state index in [1.807, 2.05) is 0 Å². The Balaban J connectivity index is 1.92. The molecule has 2 amide bonds. The molecular weight excluding hydrogens is 358 g/mol. The Bertz CT molecular complexity index is 902. The van der Waals surface area contributed by atoms with Crippen LogP contribution in [-0.4, -0.2) is 25.7 Å². The number of amides is 2. The van der Waals surface area contributed by atoms with Crippen molar-refractivity contribution in [1.29, 1.82) is 0 Å². The minimum absolute atomic E-state index is 0.0685. The lowest BCUT2D eigenvalue weighted by atomic mass is 9.96. The van der Waals surface area contributed by atoms with Gasteiger partial charge in [-0.15, -0.1) is 0 Å². The van der Waals surface area contributed by atoms with Crippen LogP contribution in [0.2, 0.25) is 0 Å². The largest absolute Gasteiger partial charge is 0.492 e. The minimum atomic E-state index is -0.705. The fourth-order valence-electron chi connectivity index (χ4n) is 2.92. The van der Waals surface area contributed by atoms with Crippen molar-refractivity contribution >= 4 is 17.7 Å². The van der Waals surface area contributed by atoms with Crippen molar-refractivity contribution in [1.82, 2.24) is 5.32 Å². The van der Waals surface area contributed by atoms with E-state index in [1.165, 1.54) is 31.4 Å². The number of anilines is 1. The van der Waals surface area contributed by atoms with E-state index in [2.05, 4.69) is 15.4 Å². The molecule has 27 heavy (non-hydrogen) atoms. The maximum atomic E-state index is 14.4. The summed E-state index contributed by atoms with van der Waals surface area (Å²) < 4.78 is 37.9. The number of carbonyl (C=O) groups excluding carboxylic acids is 2. The summed E-state index contributed by atoms with van der Waals surface area (Å²) in [5.41, 5.74) is 0.990. The van der Waals surface area contributed by atoms with Crippen LogP contribution in [0.5, 0.6) is 5.75 Å². The summed E-state index contributed by atoms with van der Waals surface area (Å²) >= 11 is 0. The lowest BCUT2D eigenvalue weighted by molar-refractivity contribution is 0.102. The second-order valence-electron chi connectivity index (χ2n) is 6.08. The van der Waals surface area contributed by atoms with Crippen molar-refractivity contribution in [2.24, 2.45) is 0 Å². The number of rotatable bonds is 3. The van der Waals surface area contributed by atoms with Crippen molar-refractivity contribution in [3.63, 3.8) is 0 Å². The second-order valence-corrected chi connectivity index (χ2v) is 6.08. The summed E-state index contributed by atoms with van der Waals surface area (Å²) in [5, 5.41) is 5.18. The van der Waals surface area contributed by atoms with Gasteiger partial charge in [-0.3, -0.25) is 4.79 Å². The Morgan fingerprint density at radius 2 is 1.93 bits per heavy atom. The van der Waals surface area contributed by atoms with Gasteiger partial charge in [-0.1, -0.05) is 0 Å². The number of alkyl carbamates (subject to hydrolysis) is 1. The smallest absolute Gasteiger partial charge is 0.407 e. The van der Waals surface area contributed by atoms with Crippen LogP contribution in [-0.2, 0) is 4.74 Å². The summed E-state index contributed by atoms with van der Waals surface area (Å²) in [6.07, 6.45) is -0.370. The number of halogens is 2. The van der Waals surface area contributed by atoms with Crippen molar-refractivity contribution in [2.75, 3.05) is 19.0 Å². The van der Waals surface area contributed by atoms with Crippen LogP contribution < -0.4 is 15.4 Å². The third-order valence-corrected chi connectivity index (χ3v) is 4.28. The van der Waals surface area contributed by atoms with Gasteiger partial charge in [0.2, 0.25) is 0 Å². The fourth-order valence-corrected chi connectivity index (χ4v) is 2.92. The van der Waals surface area contributed by atoms with Crippen molar-refractivity contribution in [3.05, 3.63) is 58.7 Å². The standard InChI is InChI=1S/C19H18F2N2O4/c1-10-9-11(3-5-13(10)20)22-18(24)12-4-6-14(21)16-15(23-19(25)26-2)7-8-27-17(12)16/h3-6,9,15H,7-8H2,1-2H3,(H,22,24)(H,23,25). The van der Waals surface area contributed by atoms with Crippen LogP contribution >= 0.6 is 0 Å². The Kier molecular flexibility index (Phi) is 5.25. The number of hydrogen-bond acceptors (Lipinski definition) is 4. The zero-order valence-electron chi connectivity index (χ0n) is 14.8. The maximum absolute atomic E-state index is 14.4. The number of aryl methyl sites for hydroxylation is 1. The molecule has 1 aliphatic rings. The third kappa shape index (κ3) is 3.84. The molecule has 1 aliphatic heterocycles. The van der Waals surface area contributed by atoms with Gasteiger partial charge < -0.3 is 20.1 Å². The number of ether oxygens (including phenoxy) is 2. The summed E-state index contributed by atoms with van der Waals surface area (Å²) in [7, 11) is 1.21. The van der Waals surface area contributed by atoms with Crippen molar-refractivity contribution < 1.29 is 27.8 Å². The molecule has 1 unspecified atom stereocenters. The number of fused-ring (bicyclic) bond motifs is 1.